The van der Waals surface area contributed by atoms with Gasteiger partial charge in [-0.1, -0.05) is 29.8 Å². The maximum absolute atomic E-state index is 12.6. The van der Waals surface area contributed by atoms with Crippen LogP contribution in [0.4, 0.5) is 5.69 Å². The highest BCUT2D eigenvalue weighted by molar-refractivity contribution is 7.16. The molecule has 1 amide bonds. The Morgan fingerprint density at radius 1 is 1.09 bits per heavy atom. The maximum Gasteiger partial charge on any atom is 0.242 e. The minimum Gasteiger partial charge on any atom is -0.362 e. The maximum atomic E-state index is 12.6. The molecule has 3 nitrogen and oxygen atoms in total. The summed E-state index contributed by atoms with van der Waals surface area (Å²) >= 11 is 7.49. The molecule has 0 aliphatic carbocycles. The summed E-state index contributed by atoms with van der Waals surface area (Å²) in [5.41, 5.74) is 1.08. The zero-order valence-electron chi connectivity index (χ0n) is 13.0. The largest absolute Gasteiger partial charge is 0.362 e. The molecule has 0 spiro atoms. The molecule has 5 heteroatoms. The predicted octanol–water partition coefficient (Wildman–Crippen LogP) is 4.28. The summed E-state index contributed by atoms with van der Waals surface area (Å²) in [5.74, 6) is 0.137. The first-order valence-electron chi connectivity index (χ1n) is 7.46. The number of anilines is 1. The van der Waals surface area contributed by atoms with Gasteiger partial charge in [-0.3, -0.25) is 4.79 Å². The van der Waals surface area contributed by atoms with Gasteiger partial charge in [0, 0.05) is 23.7 Å². The van der Waals surface area contributed by atoms with Crippen molar-refractivity contribution in [3.63, 3.8) is 0 Å². The van der Waals surface area contributed by atoms with E-state index in [1.165, 1.54) is 11.3 Å². The van der Waals surface area contributed by atoms with Crippen LogP contribution < -0.4 is 4.90 Å². The Labute approximate surface area is 141 Å². The summed E-state index contributed by atoms with van der Waals surface area (Å²) in [7, 11) is 0. The van der Waals surface area contributed by atoms with Gasteiger partial charge in [0.2, 0.25) is 5.91 Å². The molecule has 2 aromatic rings. The van der Waals surface area contributed by atoms with E-state index in [0.717, 1.165) is 21.4 Å². The number of para-hydroxylation sites is 1. The molecular weight excluding hydrogens is 316 g/mol. The second-order valence-electron chi connectivity index (χ2n) is 4.96. The highest BCUT2D eigenvalue weighted by Gasteiger charge is 2.16. The molecule has 0 radical (unpaired) electrons. The molecule has 1 aromatic heterocycles. The van der Waals surface area contributed by atoms with Crippen LogP contribution >= 0.6 is 22.9 Å². The lowest BCUT2D eigenvalue weighted by molar-refractivity contribution is -0.130. The lowest BCUT2D eigenvalue weighted by Crippen LogP contribution is -2.40. The average molecular weight is 337 g/mol. The van der Waals surface area contributed by atoms with Crippen LogP contribution in [0.1, 0.15) is 18.7 Å². The van der Waals surface area contributed by atoms with E-state index in [0.29, 0.717) is 19.6 Å². The van der Waals surface area contributed by atoms with Crippen molar-refractivity contribution >= 4 is 34.5 Å². The Kier molecular flexibility index (Phi) is 6.28. The topological polar surface area (TPSA) is 23.6 Å². The number of hydrogen-bond acceptors (Lipinski definition) is 3. The lowest BCUT2D eigenvalue weighted by atomic mass is 10.2. The number of thiophene rings is 1. The zero-order valence-corrected chi connectivity index (χ0v) is 14.5. The SMILES string of the molecule is CCN(Cc1ccc(Cl)s1)C(=O)CN(CC)c1ccccc1. The Hall–Kier alpha value is -1.52. The first kappa shape index (κ1) is 16.8. The van der Waals surface area contributed by atoms with Gasteiger partial charge in [0.25, 0.3) is 0 Å². The van der Waals surface area contributed by atoms with Crippen molar-refractivity contribution in [2.45, 2.75) is 20.4 Å². The van der Waals surface area contributed by atoms with Crippen LogP contribution in [0.5, 0.6) is 0 Å². The second-order valence-corrected chi connectivity index (χ2v) is 6.76. The molecule has 0 aliphatic heterocycles. The van der Waals surface area contributed by atoms with Gasteiger partial charge in [-0.15, -0.1) is 11.3 Å². The van der Waals surface area contributed by atoms with Gasteiger partial charge in [0.1, 0.15) is 0 Å². The molecule has 2 rings (SSSR count). The van der Waals surface area contributed by atoms with Crippen molar-refractivity contribution < 1.29 is 4.79 Å². The first-order valence-corrected chi connectivity index (χ1v) is 8.65. The Morgan fingerprint density at radius 3 is 2.36 bits per heavy atom. The summed E-state index contributed by atoms with van der Waals surface area (Å²) in [5, 5.41) is 0. The molecule has 0 aliphatic rings. The molecule has 22 heavy (non-hydrogen) atoms. The average Bonchev–Trinajstić information content (AvgIpc) is 2.96. The fraction of sp³-hybridized carbons (Fsp3) is 0.353. The van der Waals surface area contributed by atoms with E-state index in [2.05, 4.69) is 11.8 Å². The van der Waals surface area contributed by atoms with E-state index in [9.17, 15) is 4.79 Å². The number of amides is 1. The van der Waals surface area contributed by atoms with Gasteiger partial charge in [-0.25, -0.2) is 0 Å². The van der Waals surface area contributed by atoms with Crippen LogP contribution in [0.15, 0.2) is 42.5 Å². The summed E-state index contributed by atoms with van der Waals surface area (Å²) in [4.78, 5) is 17.7. The van der Waals surface area contributed by atoms with E-state index in [1.807, 2.05) is 54.3 Å². The van der Waals surface area contributed by atoms with E-state index in [4.69, 9.17) is 11.6 Å². The number of carbonyl (C=O) groups is 1. The van der Waals surface area contributed by atoms with Crippen molar-refractivity contribution in [1.82, 2.24) is 4.90 Å². The van der Waals surface area contributed by atoms with Crippen molar-refractivity contribution in [1.29, 1.82) is 0 Å². The fourth-order valence-electron chi connectivity index (χ4n) is 2.29. The van der Waals surface area contributed by atoms with E-state index in [1.54, 1.807) is 0 Å². The number of benzene rings is 1. The summed E-state index contributed by atoms with van der Waals surface area (Å²) in [6.45, 7) is 6.59. The van der Waals surface area contributed by atoms with Gasteiger partial charge >= 0.3 is 0 Å². The third kappa shape index (κ3) is 4.49. The summed E-state index contributed by atoms with van der Waals surface area (Å²) in [6, 6.07) is 13.9. The van der Waals surface area contributed by atoms with Gasteiger partial charge in [0.05, 0.1) is 17.4 Å². The first-order chi connectivity index (χ1) is 10.6. The van der Waals surface area contributed by atoms with Crippen molar-refractivity contribution in [3.05, 3.63) is 51.7 Å². The summed E-state index contributed by atoms with van der Waals surface area (Å²) < 4.78 is 0.762. The Balaban J connectivity index is 2.01. The normalized spacial score (nSPS) is 10.5. The van der Waals surface area contributed by atoms with Gasteiger partial charge < -0.3 is 9.80 Å². The molecule has 0 N–H and O–H groups in total. The van der Waals surface area contributed by atoms with E-state index in [-0.39, 0.29) is 5.91 Å². The van der Waals surface area contributed by atoms with E-state index >= 15 is 0 Å². The van der Waals surface area contributed by atoms with Gasteiger partial charge in [-0.2, -0.15) is 0 Å². The molecule has 1 aromatic carbocycles. The van der Waals surface area contributed by atoms with Crippen LogP contribution in [0.3, 0.4) is 0 Å². The standard InChI is InChI=1S/C17H21ClN2OS/c1-3-19(14-8-6-5-7-9-14)13-17(21)20(4-2)12-15-10-11-16(18)22-15/h5-11H,3-4,12-13H2,1-2H3. The zero-order chi connectivity index (χ0) is 15.9. The van der Waals surface area contributed by atoms with Crippen LogP contribution in [0.2, 0.25) is 4.34 Å². The molecule has 0 unspecified atom stereocenters. The van der Waals surface area contributed by atoms with Crippen molar-refractivity contribution in [2.24, 2.45) is 0 Å². The number of halogens is 1. The minimum absolute atomic E-state index is 0.137. The quantitative estimate of drug-likeness (QED) is 0.753. The van der Waals surface area contributed by atoms with Crippen molar-refractivity contribution in [3.8, 4) is 0 Å². The number of rotatable bonds is 7. The molecule has 0 bridgehead atoms. The smallest absolute Gasteiger partial charge is 0.242 e. The minimum atomic E-state index is 0.137. The third-order valence-electron chi connectivity index (χ3n) is 3.54. The van der Waals surface area contributed by atoms with Crippen LogP contribution in [-0.2, 0) is 11.3 Å². The molecule has 1 heterocycles. The van der Waals surface area contributed by atoms with E-state index < -0.39 is 0 Å². The van der Waals surface area contributed by atoms with Gasteiger partial charge in [-0.05, 0) is 38.1 Å². The fourth-order valence-corrected chi connectivity index (χ4v) is 3.39. The third-order valence-corrected chi connectivity index (χ3v) is 4.76. The van der Waals surface area contributed by atoms with Crippen LogP contribution in [0, 0.1) is 0 Å². The second kappa shape index (κ2) is 8.20. The molecule has 0 saturated heterocycles. The molecule has 0 fully saturated rings. The highest BCUT2D eigenvalue weighted by atomic mass is 35.5. The number of carbonyl (C=O) groups excluding carboxylic acids is 1. The molecule has 0 saturated carbocycles. The van der Waals surface area contributed by atoms with Crippen LogP contribution in [0.25, 0.3) is 0 Å². The molecule has 0 atom stereocenters. The monoisotopic (exact) mass is 336 g/mol. The number of likely N-dealkylation sites (N-methyl/N-ethyl adjacent to an activating group) is 2. The lowest BCUT2D eigenvalue weighted by Gasteiger charge is -2.27. The highest BCUT2D eigenvalue weighted by Crippen LogP contribution is 2.23. The summed E-state index contributed by atoms with van der Waals surface area (Å²) in [6.07, 6.45) is 0. The predicted molar refractivity (Wildman–Crippen MR) is 94.7 cm³/mol. The Morgan fingerprint density at radius 2 is 1.82 bits per heavy atom. The number of hydrogen-bond donors (Lipinski definition) is 0. The molecule has 118 valence electrons. The molecular formula is C17H21ClN2OS. The Bertz CT molecular complexity index is 600. The van der Waals surface area contributed by atoms with Crippen LogP contribution in [-0.4, -0.2) is 30.4 Å². The van der Waals surface area contributed by atoms with Crippen molar-refractivity contribution in [2.75, 3.05) is 24.5 Å². The van der Waals surface area contributed by atoms with Gasteiger partial charge in [0.15, 0.2) is 0 Å². The number of nitrogens with zero attached hydrogens (tertiary/aromatic N) is 2.